The number of nitrogens with zero attached hydrogens (tertiary/aromatic N) is 3. The molecule has 0 aliphatic carbocycles. The van der Waals surface area contributed by atoms with Crippen molar-refractivity contribution in [3.05, 3.63) is 45.2 Å². The molecule has 2 aromatic rings. The number of carbonyl (C=O) groups excluding carboxylic acids is 1. The third-order valence-electron chi connectivity index (χ3n) is 2.41. The van der Waals surface area contributed by atoms with E-state index in [4.69, 9.17) is 34.8 Å². The van der Waals surface area contributed by atoms with Crippen LogP contribution in [0.15, 0.2) is 18.6 Å². The fraction of sp³-hybridized carbons (Fsp3) is 0.182. The third-order valence-corrected chi connectivity index (χ3v) is 3.65. The lowest BCUT2D eigenvalue weighted by Crippen LogP contribution is -2.27. The van der Waals surface area contributed by atoms with Crippen molar-refractivity contribution in [1.82, 2.24) is 19.9 Å². The number of pyridine rings is 1. The first-order valence-electron chi connectivity index (χ1n) is 5.24. The van der Waals surface area contributed by atoms with E-state index in [2.05, 4.69) is 15.0 Å². The average Bonchev–Trinajstić information content (AvgIpc) is 2.88. The fourth-order valence-electron chi connectivity index (χ4n) is 1.45. The molecule has 5 nitrogen and oxygen atoms in total. The van der Waals surface area contributed by atoms with Crippen LogP contribution in [0.3, 0.4) is 0 Å². The Hall–Kier alpha value is -1.30. The summed E-state index contributed by atoms with van der Waals surface area (Å²) in [6, 6.07) is 0. The first-order chi connectivity index (χ1) is 9.00. The number of carbonyl (C=O) groups is 1. The van der Waals surface area contributed by atoms with Crippen LogP contribution in [0, 0.1) is 0 Å². The highest BCUT2D eigenvalue weighted by molar-refractivity contribution is 6.48. The number of hydrogen-bond acceptors (Lipinski definition) is 3. The zero-order valence-corrected chi connectivity index (χ0v) is 12.1. The fourth-order valence-corrected chi connectivity index (χ4v) is 2.02. The second-order valence-electron chi connectivity index (χ2n) is 3.78. The van der Waals surface area contributed by atoms with Crippen molar-refractivity contribution >= 4 is 40.7 Å². The summed E-state index contributed by atoms with van der Waals surface area (Å²) in [5.41, 5.74) is 0.0603. The van der Waals surface area contributed by atoms with Gasteiger partial charge in [-0.3, -0.25) is 4.79 Å². The second kappa shape index (κ2) is 5.77. The van der Waals surface area contributed by atoms with Gasteiger partial charge in [-0.1, -0.05) is 34.8 Å². The highest BCUT2D eigenvalue weighted by Crippen LogP contribution is 2.31. The topological polar surface area (TPSA) is 61.9 Å². The van der Waals surface area contributed by atoms with Gasteiger partial charge in [0.05, 0.1) is 21.6 Å². The smallest absolute Gasteiger partial charge is 0.274 e. The average molecular weight is 320 g/mol. The van der Waals surface area contributed by atoms with Crippen LogP contribution < -0.4 is 0 Å². The zero-order chi connectivity index (χ0) is 14.0. The van der Waals surface area contributed by atoms with E-state index >= 15 is 0 Å². The Kier molecular flexibility index (Phi) is 4.29. The molecule has 0 saturated carbocycles. The van der Waals surface area contributed by atoms with E-state index < -0.39 is 0 Å². The molecule has 100 valence electrons. The molecule has 8 heteroatoms. The standard InChI is InChI=1S/C11H9Cl3N4O/c1-18(5-7-15-2-3-16-7)11(19)10-9(14)8(13)6(12)4-17-10/h2-4H,5H2,1H3,(H,15,16). The van der Waals surface area contributed by atoms with E-state index in [1.165, 1.54) is 11.1 Å². The van der Waals surface area contributed by atoms with Crippen molar-refractivity contribution < 1.29 is 4.79 Å². The molecule has 0 saturated heterocycles. The molecular formula is C11H9Cl3N4O. The molecule has 2 rings (SSSR count). The maximum Gasteiger partial charge on any atom is 0.274 e. The van der Waals surface area contributed by atoms with Gasteiger partial charge in [-0.15, -0.1) is 0 Å². The van der Waals surface area contributed by atoms with Gasteiger partial charge in [0, 0.05) is 25.6 Å². The zero-order valence-electron chi connectivity index (χ0n) is 9.82. The Morgan fingerprint density at radius 1 is 1.32 bits per heavy atom. The van der Waals surface area contributed by atoms with Crippen molar-refractivity contribution in [2.75, 3.05) is 7.05 Å². The van der Waals surface area contributed by atoms with Gasteiger partial charge in [0.15, 0.2) is 0 Å². The molecule has 0 atom stereocenters. The number of amides is 1. The summed E-state index contributed by atoms with van der Waals surface area (Å²) >= 11 is 17.6. The first-order valence-corrected chi connectivity index (χ1v) is 6.37. The molecule has 0 radical (unpaired) electrons. The minimum Gasteiger partial charge on any atom is -0.347 e. The summed E-state index contributed by atoms with van der Waals surface area (Å²) in [5.74, 6) is 0.298. The van der Waals surface area contributed by atoms with Crippen molar-refractivity contribution in [2.45, 2.75) is 6.54 Å². The van der Waals surface area contributed by atoms with Crippen molar-refractivity contribution in [3.63, 3.8) is 0 Å². The van der Waals surface area contributed by atoms with E-state index in [1.54, 1.807) is 19.4 Å². The molecule has 2 heterocycles. The lowest BCUT2D eigenvalue weighted by Gasteiger charge is -2.16. The van der Waals surface area contributed by atoms with E-state index in [0.29, 0.717) is 12.4 Å². The Labute approximate surface area is 124 Å². The maximum absolute atomic E-state index is 12.2. The summed E-state index contributed by atoms with van der Waals surface area (Å²) in [4.78, 5) is 24.5. The van der Waals surface area contributed by atoms with E-state index in [9.17, 15) is 4.79 Å². The van der Waals surface area contributed by atoms with Crippen LogP contribution in [0.2, 0.25) is 15.1 Å². The van der Waals surface area contributed by atoms with Gasteiger partial charge in [-0.2, -0.15) is 0 Å². The quantitative estimate of drug-likeness (QED) is 0.946. The number of aromatic amines is 1. The van der Waals surface area contributed by atoms with Crippen LogP contribution >= 0.6 is 34.8 Å². The molecule has 1 amide bonds. The highest BCUT2D eigenvalue weighted by atomic mass is 35.5. The summed E-state index contributed by atoms with van der Waals surface area (Å²) in [7, 11) is 1.62. The summed E-state index contributed by atoms with van der Waals surface area (Å²) < 4.78 is 0. The van der Waals surface area contributed by atoms with Crippen LogP contribution in [0.1, 0.15) is 16.3 Å². The van der Waals surface area contributed by atoms with Crippen LogP contribution in [-0.4, -0.2) is 32.8 Å². The normalized spacial score (nSPS) is 10.5. The van der Waals surface area contributed by atoms with Crippen molar-refractivity contribution in [1.29, 1.82) is 0 Å². The Bertz CT molecular complexity index is 600. The van der Waals surface area contributed by atoms with Gasteiger partial charge in [-0.25, -0.2) is 9.97 Å². The Morgan fingerprint density at radius 3 is 2.68 bits per heavy atom. The molecule has 0 aliphatic heterocycles. The predicted octanol–water partition coefficient (Wildman–Crippen LogP) is 3.04. The molecule has 0 aliphatic rings. The first kappa shape index (κ1) is 14.1. The summed E-state index contributed by atoms with van der Waals surface area (Å²) in [6.07, 6.45) is 4.58. The third kappa shape index (κ3) is 3.00. The molecular weight excluding hydrogens is 311 g/mol. The molecule has 19 heavy (non-hydrogen) atoms. The molecule has 0 spiro atoms. The molecule has 0 aromatic carbocycles. The largest absolute Gasteiger partial charge is 0.347 e. The number of hydrogen-bond donors (Lipinski definition) is 1. The molecule has 0 unspecified atom stereocenters. The Morgan fingerprint density at radius 2 is 2.05 bits per heavy atom. The second-order valence-corrected chi connectivity index (χ2v) is 4.94. The summed E-state index contributed by atoms with van der Waals surface area (Å²) in [6.45, 7) is 0.310. The lowest BCUT2D eigenvalue weighted by atomic mass is 10.3. The summed E-state index contributed by atoms with van der Waals surface area (Å²) in [5, 5.41) is 0.371. The van der Waals surface area contributed by atoms with Crippen molar-refractivity contribution in [3.8, 4) is 0 Å². The van der Waals surface area contributed by atoms with E-state index in [1.807, 2.05) is 0 Å². The SMILES string of the molecule is CN(Cc1ncc[nH]1)C(=O)c1ncc(Cl)c(Cl)c1Cl. The molecule has 0 bridgehead atoms. The number of nitrogens with one attached hydrogen (secondary N) is 1. The van der Waals surface area contributed by atoms with Gasteiger partial charge < -0.3 is 9.88 Å². The predicted molar refractivity (Wildman–Crippen MR) is 73.7 cm³/mol. The van der Waals surface area contributed by atoms with Gasteiger partial charge in [0.25, 0.3) is 5.91 Å². The van der Waals surface area contributed by atoms with Gasteiger partial charge in [0.2, 0.25) is 0 Å². The Balaban J connectivity index is 2.22. The van der Waals surface area contributed by atoms with Crippen LogP contribution in [0.25, 0.3) is 0 Å². The molecule has 1 N–H and O–H groups in total. The van der Waals surface area contributed by atoms with Gasteiger partial charge in [0.1, 0.15) is 11.5 Å². The van der Waals surface area contributed by atoms with Crippen LogP contribution in [0.5, 0.6) is 0 Å². The van der Waals surface area contributed by atoms with Crippen LogP contribution in [-0.2, 0) is 6.54 Å². The minimum atomic E-state index is -0.361. The number of aromatic nitrogens is 3. The van der Waals surface area contributed by atoms with E-state index in [0.717, 1.165) is 0 Å². The number of rotatable bonds is 3. The highest BCUT2D eigenvalue weighted by Gasteiger charge is 2.20. The van der Waals surface area contributed by atoms with Gasteiger partial charge >= 0.3 is 0 Å². The van der Waals surface area contributed by atoms with E-state index in [-0.39, 0.29) is 26.7 Å². The number of imidazole rings is 1. The minimum absolute atomic E-state index is 0.0467. The van der Waals surface area contributed by atoms with Gasteiger partial charge in [-0.05, 0) is 0 Å². The maximum atomic E-state index is 12.2. The molecule has 0 fully saturated rings. The van der Waals surface area contributed by atoms with Crippen molar-refractivity contribution in [2.24, 2.45) is 0 Å². The number of halogens is 3. The monoisotopic (exact) mass is 318 g/mol. The van der Waals surface area contributed by atoms with Crippen LogP contribution in [0.4, 0.5) is 0 Å². The number of H-pyrrole nitrogens is 1. The lowest BCUT2D eigenvalue weighted by molar-refractivity contribution is 0.0776. The molecule has 2 aromatic heterocycles.